The highest BCUT2D eigenvalue weighted by Crippen LogP contribution is 2.29. The van der Waals surface area contributed by atoms with Gasteiger partial charge in [-0.25, -0.2) is 0 Å². The monoisotopic (exact) mass is 460 g/mol. The lowest BCUT2D eigenvalue weighted by atomic mass is 10.2. The molecule has 9 nitrogen and oxygen atoms in total. The quantitative estimate of drug-likeness (QED) is 0.361. The standard InChI is InChI=1S/C23H20N6O3S/c1-32-19-8-6-18(7-9-19)27-23-29-28-22(33-23)16-2-4-17(5-3-16)26-21(31)20(30)25-14-15-10-12-24-13-11-15/h2-13H,14H2,1H3,(H,25,30)(H,26,31)(H,27,29). The number of hydrogen-bond acceptors (Lipinski definition) is 8. The van der Waals surface area contributed by atoms with Gasteiger partial charge in [0, 0.05) is 35.9 Å². The van der Waals surface area contributed by atoms with Crippen LogP contribution in [0.2, 0.25) is 0 Å². The number of nitrogens with one attached hydrogen (secondary N) is 3. The van der Waals surface area contributed by atoms with Crippen LogP contribution in [-0.4, -0.2) is 34.1 Å². The van der Waals surface area contributed by atoms with Gasteiger partial charge in [-0.3, -0.25) is 14.6 Å². The Balaban J connectivity index is 1.32. The molecule has 2 aromatic heterocycles. The second-order valence-electron chi connectivity index (χ2n) is 6.84. The second kappa shape index (κ2) is 10.3. The van der Waals surface area contributed by atoms with Crippen LogP contribution in [0.5, 0.6) is 5.75 Å². The summed E-state index contributed by atoms with van der Waals surface area (Å²) in [6.45, 7) is 0.248. The van der Waals surface area contributed by atoms with E-state index in [0.717, 1.165) is 27.6 Å². The molecule has 0 saturated carbocycles. The topological polar surface area (TPSA) is 118 Å². The first kappa shape index (κ1) is 21.9. The minimum absolute atomic E-state index is 0.248. The third kappa shape index (κ3) is 5.89. The van der Waals surface area contributed by atoms with Crippen molar-refractivity contribution in [3.8, 4) is 16.3 Å². The SMILES string of the molecule is COc1ccc(Nc2nnc(-c3ccc(NC(=O)C(=O)NCc4ccncc4)cc3)s2)cc1. The third-order valence-corrected chi connectivity index (χ3v) is 5.45. The summed E-state index contributed by atoms with van der Waals surface area (Å²) in [5.74, 6) is -0.676. The van der Waals surface area contributed by atoms with Crippen LogP contribution in [0.1, 0.15) is 5.56 Å². The van der Waals surface area contributed by atoms with Gasteiger partial charge in [0.2, 0.25) is 5.13 Å². The Morgan fingerprint density at radius 1 is 0.879 bits per heavy atom. The molecule has 0 fully saturated rings. The molecule has 3 N–H and O–H groups in total. The van der Waals surface area contributed by atoms with Crippen molar-refractivity contribution in [1.29, 1.82) is 0 Å². The fourth-order valence-electron chi connectivity index (χ4n) is 2.84. The summed E-state index contributed by atoms with van der Waals surface area (Å²) in [6.07, 6.45) is 3.25. The lowest BCUT2D eigenvalue weighted by Gasteiger charge is -2.07. The Kier molecular flexibility index (Phi) is 6.86. The van der Waals surface area contributed by atoms with Crippen molar-refractivity contribution < 1.29 is 14.3 Å². The summed E-state index contributed by atoms with van der Waals surface area (Å²) in [5.41, 5.74) is 3.08. The normalized spacial score (nSPS) is 10.3. The fraction of sp³-hybridized carbons (Fsp3) is 0.0870. The van der Waals surface area contributed by atoms with E-state index >= 15 is 0 Å². The van der Waals surface area contributed by atoms with Crippen LogP contribution in [0.15, 0.2) is 73.1 Å². The minimum Gasteiger partial charge on any atom is -0.497 e. The molecular weight excluding hydrogens is 440 g/mol. The van der Waals surface area contributed by atoms with Crippen LogP contribution >= 0.6 is 11.3 Å². The Bertz CT molecular complexity index is 1230. The van der Waals surface area contributed by atoms with E-state index in [2.05, 4.69) is 31.1 Å². The first-order valence-corrected chi connectivity index (χ1v) is 10.8. The number of aromatic nitrogens is 3. The summed E-state index contributed by atoms with van der Waals surface area (Å²) in [7, 11) is 1.62. The van der Waals surface area contributed by atoms with Crippen LogP contribution < -0.4 is 20.7 Å². The summed E-state index contributed by atoms with van der Waals surface area (Å²) >= 11 is 1.40. The van der Waals surface area contributed by atoms with E-state index in [1.165, 1.54) is 11.3 Å². The third-order valence-electron chi connectivity index (χ3n) is 4.56. The molecule has 4 aromatic rings. The molecule has 0 spiro atoms. The van der Waals surface area contributed by atoms with Gasteiger partial charge in [0.05, 0.1) is 7.11 Å². The molecule has 0 saturated heterocycles. The van der Waals surface area contributed by atoms with E-state index in [-0.39, 0.29) is 6.54 Å². The van der Waals surface area contributed by atoms with Crippen LogP contribution in [0.3, 0.4) is 0 Å². The van der Waals surface area contributed by atoms with Crippen LogP contribution in [0.25, 0.3) is 10.6 Å². The molecule has 0 aliphatic heterocycles. The Morgan fingerprint density at radius 3 is 2.27 bits per heavy atom. The number of methoxy groups -OCH3 is 1. The van der Waals surface area contributed by atoms with E-state index in [1.54, 1.807) is 43.8 Å². The zero-order valence-electron chi connectivity index (χ0n) is 17.6. The number of rotatable bonds is 7. The molecule has 0 aliphatic rings. The van der Waals surface area contributed by atoms with Gasteiger partial charge < -0.3 is 20.7 Å². The first-order valence-electron chi connectivity index (χ1n) is 9.94. The van der Waals surface area contributed by atoms with Crippen LogP contribution in [0.4, 0.5) is 16.5 Å². The molecule has 2 amide bonds. The van der Waals surface area contributed by atoms with E-state index in [9.17, 15) is 9.59 Å². The van der Waals surface area contributed by atoms with Crippen molar-refractivity contribution >= 4 is 39.7 Å². The number of anilines is 3. The summed E-state index contributed by atoms with van der Waals surface area (Å²) in [5, 5.41) is 18.1. The molecule has 4 rings (SSSR count). The summed E-state index contributed by atoms with van der Waals surface area (Å²) in [6, 6.07) is 18.1. The molecule has 0 radical (unpaired) electrons. The average Bonchev–Trinajstić information content (AvgIpc) is 3.32. The molecule has 166 valence electrons. The van der Waals surface area contributed by atoms with E-state index in [1.807, 2.05) is 36.4 Å². The smallest absolute Gasteiger partial charge is 0.313 e. The summed E-state index contributed by atoms with van der Waals surface area (Å²) < 4.78 is 5.15. The van der Waals surface area contributed by atoms with Gasteiger partial charge in [-0.2, -0.15) is 0 Å². The van der Waals surface area contributed by atoms with E-state index < -0.39 is 11.8 Å². The highest BCUT2D eigenvalue weighted by Gasteiger charge is 2.14. The molecule has 2 aromatic carbocycles. The molecule has 2 heterocycles. The number of carbonyl (C=O) groups is 2. The number of hydrogen-bond donors (Lipinski definition) is 3. The molecule has 0 atom stereocenters. The molecule has 33 heavy (non-hydrogen) atoms. The number of amides is 2. The van der Waals surface area contributed by atoms with E-state index in [0.29, 0.717) is 10.8 Å². The van der Waals surface area contributed by atoms with E-state index in [4.69, 9.17) is 4.74 Å². The molecular formula is C23H20N6O3S. The van der Waals surface area contributed by atoms with Gasteiger partial charge in [-0.05, 0) is 66.2 Å². The molecule has 10 heteroatoms. The maximum atomic E-state index is 12.1. The second-order valence-corrected chi connectivity index (χ2v) is 7.81. The predicted octanol–water partition coefficient (Wildman–Crippen LogP) is 3.61. The Hall–Kier alpha value is -4.31. The summed E-state index contributed by atoms with van der Waals surface area (Å²) in [4.78, 5) is 28.1. The maximum absolute atomic E-state index is 12.1. The number of ether oxygens (including phenoxy) is 1. The Morgan fingerprint density at radius 2 is 1.58 bits per heavy atom. The zero-order chi connectivity index (χ0) is 23.0. The first-order chi connectivity index (χ1) is 16.1. The van der Waals surface area contributed by atoms with Gasteiger partial charge in [0.1, 0.15) is 10.8 Å². The number of benzene rings is 2. The lowest BCUT2D eigenvalue weighted by molar-refractivity contribution is -0.136. The fourth-order valence-corrected chi connectivity index (χ4v) is 3.60. The zero-order valence-corrected chi connectivity index (χ0v) is 18.4. The van der Waals surface area contributed by atoms with Gasteiger partial charge in [0.25, 0.3) is 0 Å². The highest BCUT2D eigenvalue weighted by molar-refractivity contribution is 7.18. The van der Waals surface area contributed by atoms with Crippen LogP contribution in [-0.2, 0) is 16.1 Å². The van der Waals surface area contributed by atoms with Crippen molar-refractivity contribution in [2.45, 2.75) is 6.54 Å². The largest absolute Gasteiger partial charge is 0.497 e. The van der Waals surface area contributed by atoms with Crippen molar-refractivity contribution in [2.24, 2.45) is 0 Å². The van der Waals surface area contributed by atoms with Crippen LogP contribution in [0, 0.1) is 0 Å². The van der Waals surface area contributed by atoms with Crippen molar-refractivity contribution in [1.82, 2.24) is 20.5 Å². The van der Waals surface area contributed by atoms with Gasteiger partial charge in [0.15, 0.2) is 0 Å². The maximum Gasteiger partial charge on any atom is 0.313 e. The Labute approximate surface area is 193 Å². The molecule has 0 bridgehead atoms. The van der Waals surface area contributed by atoms with Gasteiger partial charge in [-0.15, -0.1) is 10.2 Å². The number of nitrogens with zero attached hydrogens (tertiary/aromatic N) is 3. The van der Waals surface area contributed by atoms with Crippen molar-refractivity contribution in [3.63, 3.8) is 0 Å². The van der Waals surface area contributed by atoms with Crippen molar-refractivity contribution in [3.05, 3.63) is 78.6 Å². The number of pyridine rings is 1. The number of carbonyl (C=O) groups excluding carboxylic acids is 2. The van der Waals surface area contributed by atoms with Gasteiger partial charge in [-0.1, -0.05) is 11.3 Å². The lowest BCUT2D eigenvalue weighted by Crippen LogP contribution is -2.34. The molecule has 0 aliphatic carbocycles. The molecule has 0 unspecified atom stereocenters. The predicted molar refractivity (Wildman–Crippen MR) is 126 cm³/mol. The average molecular weight is 461 g/mol. The van der Waals surface area contributed by atoms with Gasteiger partial charge >= 0.3 is 11.8 Å². The highest BCUT2D eigenvalue weighted by atomic mass is 32.1. The van der Waals surface area contributed by atoms with Crippen molar-refractivity contribution in [2.75, 3.05) is 17.7 Å². The minimum atomic E-state index is -0.737.